The van der Waals surface area contributed by atoms with Crippen molar-refractivity contribution < 1.29 is 9.21 Å². The lowest BCUT2D eigenvalue weighted by Crippen LogP contribution is -2.22. The highest BCUT2D eigenvalue weighted by Gasteiger charge is 2.06. The van der Waals surface area contributed by atoms with Gasteiger partial charge in [0, 0.05) is 30.3 Å². The summed E-state index contributed by atoms with van der Waals surface area (Å²) in [5.41, 5.74) is 1.71. The number of benzene rings is 1. The zero-order valence-electron chi connectivity index (χ0n) is 12.6. The van der Waals surface area contributed by atoms with Gasteiger partial charge >= 0.3 is 0 Å². The number of nitrogens with one attached hydrogen (secondary N) is 2. The number of aryl methyl sites for hydroxylation is 1. The minimum absolute atomic E-state index is 0.0325. The molecule has 0 saturated carbocycles. The number of anilines is 1. The second kappa shape index (κ2) is 7.53. The molecule has 2 rings (SSSR count). The quantitative estimate of drug-likeness (QED) is 0.819. The summed E-state index contributed by atoms with van der Waals surface area (Å²) < 4.78 is 5.33. The molecule has 0 saturated heterocycles. The van der Waals surface area contributed by atoms with Gasteiger partial charge in [-0.15, -0.1) is 0 Å². The molecule has 2 aromatic rings. The molecule has 21 heavy (non-hydrogen) atoms. The summed E-state index contributed by atoms with van der Waals surface area (Å²) in [6, 6.07) is 11.8. The van der Waals surface area contributed by atoms with Crippen LogP contribution in [0.25, 0.3) is 0 Å². The fourth-order valence-electron chi connectivity index (χ4n) is 2.15. The van der Waals surface area contributed by atoms with Gasteiger partial charge in [-0.2, -0.15) is 0 Å². The van der Waals surface area contributed by atoms with Crippen LogP contribution in [0.1, 0.15) is 36.4 Å². The highest BCUT2D eigenvalue weighted by molar-refractivity contribution is 5.94. The lowest BCUT2D eigenvalue weighted by atomic mass is 10.1. The molecule has 1 heterocycles. The molecule has 4 nitrogen and oxygen atoms in total. The van der Waals surface area contributed by atoms with Crippen LogP contribution in [0.15, 0.2) is 47.1 Å². The Kier molecular flexibility index (Phi) is 5.43. The van der Waals surface area contributed by atoms with E-state index in [9.17, 15) is 4.79 Å². The molecule has 2 N–H and O–H groups in total. The number of hydrogen-bond acceptors (Lipinski definition) is 3. The number of hydrogen-bond donors (Lipinski definition) is 2. The minimum Gasteiger partial charge on any atom is -0.469 e. The lowest BCUT2D eigenvalue weighted by molar-refractivity contribution is 0.0956. The molecule has 1 aromatic carbocycles. The Morgan fingerprint density at radius 1 is 1.24 bits per heavy atom. The van der Waals surface area contributed by atoms with Crippen LogP contribution in [0.3, 0.4) is 0 Å². The Morgan fingerprint density at radius 2 is 2.00 bits per heavy atom. The minimum atomic E-state index is -0.0325. The third-order valence-corrected chi connectivity index (χ3v) is 3.30. The zero-order chi connectivity index (χ0) is 15.1. The normalized spacial score (nSPS) is 11.9. The molecule has 1 amide bonds. The Hall–Kier alpha value is -2.23. The van der Waals surface area contributed by atoms with Gasteiger partial charge < -0.3 is 15.1 Å². The molecule has 0 bridgehead atoms. The molecule has 0 aliphatic rings. The van der Waals surface area contributed by atoms with Crippen LogP contribution in [0.2, 0.25) is 0 Å². The largest absolute Gasteiger partial charge is 0.469 e. The summed E-state index contributed by atoms with van der Waals surface area (Å²) in [7, 11) is 0. The highest BCUT2D eigenvalue weighted by Crippen LogP contribution is 2.13. The molecular weight excluding hydrogens is 264 g/mol. The Morgan fingerprint density at radius 3 is 2.62 bits per heavy atom. The van der Waals surface area contributed by atoms with Crippen molar-refractivity contribution in [2.45, 2.75) is 32.7 Å². The summed E-state index contributed by atoms with van der Waals surface area (Å²) in [4.78, 5) is 11.7. The van der Waals surface area contributed by atoms with E-state index >= 15 is 0 Å². The van der Waals surface area contributed by atoms with Crippen molar-refractivity contribution in [3.8, 4) is 0 Å². The average molecular weight is 286 g/mol. The molecule has 0 aliphatic heterocycles. The second-order valence-corrected chi connectivity index (χ2v) is 5.10. The molecule has 0 spiro atoms. The summed E-state index contributed by atoms with van der Waals surface area (Å²) >= 11 is 0. The predicted molar refractivity (Wildman–Crippen MR) is 84.6 cm³/mol. The highest BCUT2D eigenvalue weighted by atomic mass is 16.3. The fourth-order valence-corrected chi connectivity index (χ4v) is 2.15. The summed E-state index contributed by atoms with van der Waals surface area (Å²) in [6.07, 6.45) is 3.61. The van der Waals surface area contributed by atoms with Crippen LogP contribution in [-0.2, 0) is 6.42 Å². The standard InChI is InChI=1S/C17H22N2O2/c1-3-18-17(20)14-7-9-15(10-8-14)19-13(2)6-11-16-5-4-12-21-16/h4-5,7-10,12-13,19H,3,6,11H2,1-2H3,(H,18,20). The van der Waals surface area contributed by atoms with E-state index in [0.717, 1.165) is 24.3 Å². The number of carbonyl (C=O) groups excluding carboxylic acids is 1. The molecular formula is C17H22N2O2. The van der Waals surface area contributed by atoms with E-state index in [2.05, 4.69) is 17.6 Å². The second-order valence-electron chi connectivity index (χ2n) is 5.10. The van der Waals surface area contributed by atoms with Crippen molar-refractivity contribution >= 4 is 11.6 Å². The molecule has 1 aromatic heterocycles. The topological polar surface area (TPSA) is 54.3 Å². The monoisotopic (exact) mass is 286 g/mol. The van der Waals surface area contributed by atoms with E-state index < -0.39 is 0 Å². The predicted octanol–water partition coefficient (Wildman–Crippen LogP) is 3.46. The van der Waals surface area contributed by atoms with Gasteiger partial charge in [-0.05, 0) is 56.7 Å². The van der Waals surface area contributed by atoms with Gasteiger partial charge in [0.25, 0.3) is 5.91 Å². The van der Waals surface area contributed by atoms with Gasteiger partial charge in [0.2, 0.25) is 0 Å². The van der Waals surface area contributed by atoms with Gasteiger partial charge in [-0.1, -0.05) is 0 Å². The Labute approximate surface area is 125 Å². The number of rotatable bonds is 7. The summed E-state index contributed by atoms with van der Waals surface area (Å²) in [5, 5.41) is 6.22. The van der Waals surface area contributed by atoms with Crippen molar-refractivity contribution in [1.29, 1.82) is 0 Å². The van der Waals surface area contributed by atoms with E-state index in [1.54, 1.807) is 6.26 Å². The van der Waals surface area contributed by atoms with Crippen LogP contribution in [0.5, 0.6) is 0 Å². The van der Waals surface area contributed by atoms with Crippen molar-refractivity contribution in [2.75, 3.05) is 11.9 Å². The first-order chi connectivity index (χ1) is 10.2. The molecule has 112 valence electrons. The van der Waals surface area contributed by atoms with Crippen LogP contribution in [0.4, 0.5) is 5.69 Å². The number of amides is 1. The van der Waals surface area contributed by atoms with Gasteiger partial charge in [-0.3, -0.25) is 4.79 Å². The van der Waals surface area contributed by atoms with E-state index in [-0.39, 0.29) is 5.91 Å². The van der Waals surface area contributed by atoms with Crippen LogP contribution < -0.4 is 10.6 Å². The van der Waals surface area contributed by atoms with E-state index in [4.69, 9.17) is 4.42 Å². The molecule has 0 radical (unpaired) electrons. The first-order valence-corrected chi connectivity index (χ1v) is 7.36. The third-order valence-electron chi connectivity index (χ3n) is 3.30. The Bertz CT molecular complexity index is 547. The van der Waals surface area contributed by atoms with E-state index in [1.807, 2.05) is 43.3 Å². The first-order valence-electron chi connectivity index (χ1n) is 7.36. The maximum absolute atomic E-state index is 11.7. The van der Waals surface area contributed by atoms with Gasteiger partial charge in [0.1, 0.15) is 5.76 Å². The number of carbonyl (C=O) groups is 1. The van der Waals surface area contributed by atoms with Gasteiger partial charge in [-0.25, -0.2) is 0 Å². The smallest absolute Gasteiger partial charge is 0.251 e. The molecule has 0 aliphatic carbocycles. The third kappa shape index (κ3) is 4.67. The van der Waals surface area contributed by atoms with Crippen molar-refractivity contribution in [3.63, 3.8) is 0 Å². The van der Waals surface area contributed by atoms with Crippen LogP contribution in [-0.4, -0.2) is 18.5 Å². The summed E-state index contributed by atoms with van der Waals surface area (Å²) in [6.45, 7) is 4.69. The molecule has 1 atom stereocenters. The SMILES string of the molecule is CCNC(=O)c1ccc(NC(C)CCc2ccco2)cc1. The average Bonchev–Trinajstić information content (AvgIpc) is 2.99. The maximum atomic E-state index is 11.7. The van der Waals surface area contributed by atoms with Crippen molar-refractivity contribution in [3.05, 3.63) is 54.0 Å². The van der Waals surface area contributed by atoms with Crippen LogP contribution in [0, 0.1) is 0 Å². The zero-order valence-corrected chi connectivity index (χ0v) is 12.6. The van der Waals surface area contributed by atoms with E-state index in [1.165, 1.54) is 0 Å². The first kappa shape index (κ1) is 15.2. The fraction of sp³-hybridized carbons (Fsp3) is 0.353. The lowest BCUT2D eigenvalue weighted by Gasteiger charge is -2.15. The molecule has 4 heteroatoms. The van der Waals surface area contributed by atoms with Crippen LogP contribution >= 0.6 is 0 Å². The van der Waals surface area contributed by atoms with Gasteiger partial charge in [0.15, 0.2) is 0 Å². The van der Waals surface area contributed by atoms with E-state index in [0.29, 0.717) is 18.2 Å². The maximum Gasteiger partial charge on any atom is 0.251 e. The summed E-state index contributed by atoms with van der Waals surface area (Å²) in [5.74, 6) is 0.977. The molecule has 1 unspecified atom stereocenters. The van der Waals surface area contributed by atoms with Crippen molar-refractivity contribution in [2.24, 2.45) is 0 Å². The molecule has 0 fully saturated rings. The van der Waals surface area contributed by atoms with Crippen molar-refractivity contribution in [1.82, 2.24) is 5.32 Å². The van der Waals surface area contributed by atoms with Gasteiger partial charge in [0.05, 0.1) is 6.26 Å². The number of furan rings is 1. The Balaban J connectivity index is 1.83.